The number of nitrogens with one attached hydrogen (secondary N) is 1. The second kappa shape index (κ2) is 4.41. The van der Waals surface area contributed by atoms with E-state index in [-0.39, 0.29) is 0 Å². The van der Waals surface area contributed by atoms with E-state index in [4.69, 9.17) is 0 Å². The van der Waals surface area contributed by atoms with Gasteiger partial charge in [0, 0.05) is 24.2 Å². The fourth-order valence-corrected chi connectivity index (χ4v) is 1.54. The number of benzene rings is 1. The van der Waals surface area contributed by atoms with Crippen LogP contribution in [0.15, 0.2) is 36.5 Å². The van der Waals surface area contributed by atoms with E-state index in [1.54, 1.807) is 0 Å². The summed E-state index contributed by atoms with van der Waals surface area (Å²) in [5, 5.41) is 4.60. The summed E-state index contributed by atoms with van der Waals surface area (Å²) in [4.78, 5) is 4.42. The molecule has 0 aliphatic rings. The number of aromatic nitrogens is 1. The summed E-state index contributed by atoms with van der Waals surface area (Å²) in [6.45, 7) is 5.18. The number of para-hydroxylation sites is 1. The number of nitrogens with zero attached hydrogens (tertiary/aromatic N) is 1. The highest BCUT2D eigenvalue weighted by Crippen LogP contribution is 2.12. The van der Waals surface area contributed by atoms with Crippen LogP contribution in [0.4, 0.5) is 0 Å². The van der Waals surface area contributed by atoms with Crippen molar-refractivity contribution >= 4 is 10.9 Å². The molecule has 2 heteroatoms. The first-order chi connectivity index (χ1) is 7.25. The van der Waals surface area contributed by atoms with E-state index in [0.717, 1.165) is 12.1 Å². The minimum absolute atomic E-state index is 0.511. The van der Waals surface area contributed by atoms with Crippen LogP contribution in [-0.4, -0.2) is 11.0 Å². The molecule has 0 radical (unpaired) electrons. The quantitative estimate of drug-likeness (QED) is 0.824. The molecule has 1 aromatic carbocycles. The lowest BCUT2D eigenvalue weighted by Gasteiger charge is -2.08. The standard InChI is InChI=1S/C13H16N2/c1-10(2)14-8-11-7-12-5-3-4-6-13(12)15-9-11/h3-7,9-10,14H,8H2,1-2H3. The van der Waals surface area contributed by atoms with Gasteiger partial charge in [-0.05, 0) is 17.7 Å². The van der Waals surface area contributed by atoms with E-state index in [1.807, 2.05) is 24.4 Å². The minimum Gasteiger partial charge on any atom is -0.310 e. The third-order valence-electron chi connectivity index (χ3n) is 2.36. The first-order valence-electron chi connectivity index (χ1n) is 5.33. The highest BCUT2D eigenvalue weighted by atomic mass is 14.9. The summed E-state index contributed by atoms with van der Waals surface area (Å²) in [7, 11) is 0. The molecule has 0 bridgehead atoms. The van der Waals surface area contributed by atoms with E-state index in [0.29, 0.717) is 6.04 Å². The van der Waals surface area contributed by atoms with Gasteiger partial charge in [-0.3, -0.25) is 4.98 Å². The van der Waals surface area contributed by atoms with Crippen molar-refractivity contribution < 1.29 is 0 Å². The molecule has 2 nitrogen and oxygen atoms in total. The summed E-state index contributed by atoms with van der Waals surface area (Å²) in [5.41, 5.74) is 2.30. The SMILES string of the molecule is CC(C)NCc1cnc2ccccc2c1. The smallest absolute Gasteiger partial charge is 0.0702 e. The van der Waals surface area contributed by atoms with Crippen LogP contribution < -0.4 is 5.32 Å². The van der Waals surface area contributed by atoms with Gasteiger partial charge in [-0.1, -0.05) is 32.0 Å². The molecule has 0 spiro atoms. The Kier molecular flexibility index (Phi) is 2.97. The molecule has 0 saturated carbocycles. The highest BCUT2D eigenvalue weighted by Gasteiger charge is 1.98. The third-order valence-corrected chi connectivity index (χ3v) is 2.36. The second-order valence-corrected chi connectivity index (χ2v) is 4.07. The lowest BCUT2D eigenvalue weighted by molar-refractivity contribution is 0.588. The van der Waals surface area contributed by atoms with E-state index >= 15 is 0 Å². The molecule has 1 heterocycles. The molecule has 15 heavy (non-hydrogen) atoms. The fourth-order valence-electron chi connectivity index (χ4n) is 1.54. The maximum atomic E-state index is 4.42. The van der Waals surface area contributed by atoms with E-state index < -0.39 is 0 Å². The number of hydrogen-bond acceptors (Lipinski definition) is 2. The maximum absolute atomic E-state index is 4.42. The Morgan fingerprint density at radius 2 is 2.07 bits per heavy atom. The van der Waals surface area contributed by atoms with Gasteiger partial charge >= 0.3 is 0 Å². The van der Waals surface area contributed by atoms with Crippen LogP contribution >= 0.6 is 0 Å². The summed E-state index contributed by atoms with van der Waals surface area (Å²) in [6, 6.07) is 10.9. The van der Waals surface area contributed by atoms with Gasteiger partial charge in [-0.2, -0.15) is 0 Å². The van der Waals surface area contributed by atoms with Crippen molar-refractivity contribution in [2.24, 2.45) is 0 Å². The molecule has 0 unspecified atom stereocenters. The first-order valence-corrected chi connectivity index (χ1v) is 5.33. The number of rotatable bonds is 3. The molecular weight excluding hydrogens is 184 g/mol. The predicted octanol–water partition coefficient (Wildman–Crippen LogP) is 2.73. The van der Waals surface area contributed by atoms with Crippen molar-refractivity contribution in [3.8, 4) is 0 Å². The van der Waals surface area contributed by atoms with Crippen molar-refractivity contribution in [1.29, 1.82) is 0 Å². The van der Waals surface area contributed by atoms with Crippen LogP contribution in [0.2, 0.25) is 0 Å². The van der Waals surface area contributed by atoms with Gasteiger partial charge in [0.25, 0.3) is 0 Å². The fraction of sp³-hybridized carbons (Fsp3) is 0.308. The van der Waals surface area contributed by atoms with Gasteiger partial charge in [-0.25, -0.2) is 0 Å². The van der Waals surface area contributed by atoms with Crippen molar-refractivity contribution in [3.63, 3.8) is 0 Å². The van der Waals surface area contributed by atoms with E-state index in [1.165, 1.54) is 10.9 Å². The predicted molar refractivity (Wildman–Crippen MR) is 63.7 cm³/mol. The summed E-state index contributed by atoms with van der Waals surface area (Å²) in [5.74, 6) is 0. The number of pyridine rings is 1. The Hall–Kier alpha value is -1.41. The van der Waals surface area contributed by atoms with Gasteiger partial charge in [0.2, 0.25) is 0 Å². The summed E-state index contributed by atoms with van der Waals surface area (Å²) < 4.78 is 0. The molecule has 0 saturated heterocycles. The van der Waals surface area contributed by atoms with Crippen LogP contribution in [-0.2, 0) is 6.54 Å². The Bertz CT molecular complexity index is 449. The minimum atomic E-state index is 0.511. The van der Waals surface area contributed by atoms with Crippen molar-refractivity contribution in [3.05, 3.63) is 42.1 Å². The van der Waals surface area contributed by atoms with Crippen LogP contribution in [0.25, 0.3) is 10.9 Å². The Morgan fingerprint density at radius 3 is 2.87 bits per heavy atom. The molecular formula is C13H16N2. The van der Waals surface area contributed by atoms with Gasteiger partial charge in [0.05, 0.1) is 5.52 Å². The Labute approximate surface area is 90.3 Å². The number of hydrogen-bond donors (Lipinski definition) is 1. The van der Waals surface area contributed by atoms with Crippen molar-refractivity contribution in [2.45, 2.75) is 26.4 Å². The first kappa shape index (κ1) is 10.1. The molecule has 2 aromatic rings. The maximum Gasteiger partial charge on any atom is 0.0702 e. The molecule has 0 amide bonds. The van der Waals surface area contributed by atoms with Crippen LogP contribution in [0.1, 0.15) is 19.4 Å². The Morgan fingerprint density at radius 1 is 1.27 bits per heavy atom. The van der Waals surface area contributed by atoms with Gasteiger partial charge in [0.15, 0.2) is 0 Å². The monoisotopic (exact) mass is 200 g/mol. The normalized spacial score (nSPS) is 11.1. The second-order valence-electron chi connectivity index (χ2n) is 4.07. The number of fused-ring (bicyclic) bond motifs is 1. The average molecular weight is 200 g/mol. The van der Waals surface area contributed by atoms with E-state index in [9.17, 15) is 0 Å². The molecule has 0 fully saturated rings. The van der Waals surface area contributed by atoms with Gasteiger partial charge in [-0.15, -0.1) is 0 Å². The zero-order chi connectivity index (χ0) is 10.7. The third kappa shape index (κ3) is 2.54. The van der Waals surface area contributed by atoms with E-state index in [2.05, 4.69) is 36.3 Å². The topological polar surface area (TPSA) is 24.9 Å². The summed E-state index contributed by atoms with van der Waals surface area (Å²) >= 11 is 0. The zero-order valence-electron chi connectivity index (χ0n) is 9.20. The largest absolute Gasteiger partial charge is 0.310 e. The van der Waals surface area contributed by atoms with Crippen molar-refractivity contribution in [2.75, 3.05) is 0 Å². The highest BCUT2D eigenvalue weighted by molar-refractivity contribution is 5.78. The Balaban J connectivity index is 2.23. The van der Waals surface area contributed by atoms with Gasteiger partial charge < -0.3 is 5.32 Å². The zero-order valence-corrected chi connectivity index (χ0v) is 9.20. The van der Waals surface area contributed by atoms with Crippen LogP contribution in [0, 0.1) is 0 Å². The molecule has 0 aliphatic heterocycles. The van der Waals surface area contributed by atoms with Crippen LogP contribution in [0.3, 0.4) is 0 Å². The molecule has 2 rings (SSSR count). The molecule has 1 N–H and O–H groups in total. The lowest BCUT2D eigenvalue weighted by Crippen LogP contribution is -2.21. The average Bonchev–Trinajstić information content (AvgIpc) is 2.26. The van der Waals surface area contributed by atoms with Gasteiger partial charge in [0.1, 0.15) is 0 Å². The molecule has 78 valence electrons. The van der Waals surface area contributed by atoms with Crippen LogP contribution in [0.5, 0.6) is 0 Å². The summed E-state index contributed by atoms with van der Waals surface area (Å²) in [6.07, 6.45) is 1.94. The lowest BCUT2D eigenvalue weighted by atomic mass is 10.1. The van der Waals surface area contributed by atoms with Crippen molar-refractivity contribution in [1.82, 2.24) is 10.3 Å². The molecule has 0 aliphatic carbocycles. The molecule has 0 atom stereocenters. The molecule has 1 aromatic heterocycles.